The number of alkyl halides is 3. The first kappa shape index (κ1) is 24.0. The van der Waals surface area contributed by atoms with Crippen LogP contribution >= 0.6 is 0 Å². The van der Waals surface area contributed by atoms with Gasteiger partial charge in [0, 0.05) is 25.3 Å². The number of anilines is 1. The summed E-state index contributed by atoms with van der Waals surface area (Å²) in [4.78, 5) is 12.8. The van der Waals surface area contributed by atoms with Crippen molar-refractivity contribution >= 4 is 21.6 Å². The molecule has 1 heterocycles. The molecule has 1 unspecified atom stereocenters. The zero-order valence-electron chi connectivity index (χ0n) is 17.0. The van der Waals surface area contributed by atoms with E-state index in [4.69, 9.17) is 0 Å². The molecule has 11 heteroatoms. The highest BCUT2D eigenvalue weighted by atomic mass is 32.2. The van der Waals surface area contributed by atoms with E-state index in [2.05, 4.69) is 10.6 Å². The van der Waals surface area contributed by atoms with Crippen molar-refractivity contribution in [2.75, 3.05) is 18.4 Å². The number of rotatable bonds is 8. The number of sulfonamides is 1. The van der Waals surface area contributed by atoms with Crippen molar-refractivity contribution in [3.8, 4) is 0 Å². The Morgan fingerprint density at radius 1 is 1.12 bits per heavy atom. The monoisotopic (exact) mass is 473 g/mol. The lowest BCUT2D eigenvalue weighted by Crippen LogP contribution is -2.45. The minimum absolute atomic E-state index is 0.0967. The SMILES string of the molecule is O=C(NCc1cc(F)cc(NCCC(F)(F)F)c1)C1CCCN1S(=O)(=O)c1ccccc1. The summed E-state index contributed by atoms with van der Waals surface area (Å²) in [5.41, 5.74) is 0.496. The summed E-state index contributed by atoms with van der Waals surface area (Å²) in [6.45, 7) is -0.296. The third-order valence-corrected chi connectivity index (χ3v) is 6.94. The minimum atomic E-state index is -4.33. The highest BCUT2D eigenvalue weighted by Crippen LogP contribution is 2.26. The summed E-state index contributed by atoms with van der Waals surface area (Å²) >= 11 is 0. The van der Waals surface area contributed by atoms with Crippen LogP contribution in [0.4, 0.5) is 23.2 Å². The quantitative estimate of drug-likeness (QED) is 0.574. The Hall–Kier alpha value is -2.66. The fourth-order valence-electron chi connectivity index (χ4n) is 3.53. The fraction of sp³-hybridized carbons (Fsp3) is 0.381. The largest absolute Gasteiger partial charge is 0.390 e. The molecule has 0 spiro atoms. The highest BCUT2D eigenvalue weighted by Gasteiger charge is 2.39. The Morgan fingerprint density at radius 3 is 2.53 bits per heavy atom. The predicted molar refractivity (Wildman–Crippen MR) is 111 cm³/mol. The molecule has 0 saturated carbocycles. The number of halogens is 4. The Labute approximate surface area is 183 Å². The molecule has 1 aliphatic heterocycles. The lowest BCUT2D eigenvalue weighted by Gasteiger charge is -2.23. The van der Waals surface area contributed by atoms with E-state index < -0.39 is 46.9 Å². The van der Waals surface area contributed by atoms with E-state index in [1.165, 1.54) is 18.2 Å². The number of hydrogen-bond acceptors (Lipinski definition) is 4. The standard InChI is InChI=1S/C21H23F4N3O3S/c22-16-11-15(12-17(13-16)26-9-8-21(23,24)25)14-27-20(29)19-7-4-10-28(19)32(30,31)18-5-2-1-3-6-18/h1-3,5-6,11-13,19,26H,4,7-10,14H2,(H,27,29). The molecule has 0 aliphatic carbocycles. The third-order valence-electron chi connectivity index (χ3n) is 5.02. The molecule has 1 amide bonds. The van der Waals surface area contributed by atoms with Crippen molar-refractivity contribution in [2.45, 2.75) is 42.9 Å². The van der Waals surface area contributed by atoms with Gasteiger partial charge in [0.25, 0.3) is 0 Å². The topological polar surface area (TPSA) is 78.5 Å². The van der Waals surface area contributed by atoms with Gasteiger partial charge in [0.2, 0.25) is 15.9 Å². The van der Waals surface area contributed by atoms with E-state index in [9.17, 15) is 30.8 Å². The van der Waals surface area contributed by atoms with Gasteiger partial charge in [-0.2, -0.15) is 17.5 Å². The van der Waals surface area contributed by atoms with Crippen LogP contribution in [0.5, 0.6) is 0 Å². The molecule has 3 rings (SSSR count). The lowest BCUT2D eigenvalue weighted by atomic mass is 10.1. The first-order valence-corrected chi connectivity index (χ1v) is 11.4. The van der Waals surface area contributed by atoms with Crippen LogP contribution in [0.1, 0.15) is 24.8 Å². The van der Waals surface area contributed by atoms with Gasteiger partial charge in [-0.05, 0) is 48.7 Å². The number of carbonyl (C=O) groups excluding carboxylic acids is 1. The average molecular weight is 473 g/mol. The van der Waals surface area contributed by atoms with Gasteiger partial charge in [-0.3, -0.25) is 4.79 Å². The summed E-state index contributed by atoms with van der Waals surface area (Å²) < 4.78 is 77.7. The smallest absolute Gasteiger partial charge is 0.385 e. The first-order valence-electron chi connectivity index (χ1n) is 10.0. The molecule has 1 atom stereocenters. The zero-order chi connectivity index (χ0) is 23.4. The molecule has 0 aromatic heterocycles. The van der Waals surface area contributed by atoms with Gasteiger partial charge < -0.3 is 10.6 Å². The van der Waals surface area contributed by atoms with E-state index >= 15 is 0 Å². The second-order valence-corrected chi connectivity index (χ2v) is 9.34. The second kappa shape index (κ2) is 9.86. The number of amides is 1. The van der Waals surface area contributed by atoms with Crippen molar-refractivity contribution in [1.29, 1.82) is 0 Å². The summed E-state index contributed by atoms with van der Waals surface area (Å²) in [7, 11) is -3.84. The minimum Gasteiger partial charge on any atom is -0.385 e. The number of hydrogen-bond donors (Lipinski definition) is 2. The average Bonchev–Trinajstić information content (AvgIpc) is 3.22. The van der Waals surface area contributed by atoms with Crippen LogP contribution in [0.15, 0.2) is 53.4 Å². The second-order valence-electron chi connectivity index (χ2n) is 7.44. The molecular weight excluding hydrogens is 450 g/mol. The van der Waals surface area contributed by atoms with Crippen LogP contribution in [0.25, 0.3) is 0 Å². The molecule has 2 aromatic rings. The Kier molecular flexibility index (Phi) is 7.40. The lowest BCUT2D eigenvalue weighted by molar-refractivity contribution is -0.131. The summed E-state index contributed by atoms with van der Waals surface area (Å²) in [6, 6.07) is 10.6. The van der Waals surface area contributed by atoms with Gasteiger partial charge in [0.15, 0.2) is 0 Å². The molecule has 0 radical (unpaired) electrons. The molecule has 2 aromatic carbocycles. The van der Waals surface area contributed by atoms with Crippen LogP contribution in [-0.4, -0.2) is 43.9 Å². The van der Waals surface area contributed by atoms with Crippen molar-refractivity contribution in [2.24, 2.45) is 0 Å². The zero-order valence-corrected chi connectivity index (χ0v) is 17.8. The maximum absolute atomic E-state index is 13.9. The Morgan fingerprint density at radius 2 is 1.84 bits per heavy atom. The number of nitrogens with one attached hydrogen (secondary N) is 2. The van der Waals surface area contributed by atoms with Crippen molar-refractivity contribution in [1.82, 2.24) is 9.62 Å². The van der Waals surface area contributed by atoms with Crippen molar-refractivity contribution < 1.29 is 30.8 Å². The molecule has 1 aliphatic rings. The van der Waals surface area contributed by atoms with Crippen molar-refractivity contribution in [3.63, 3.8) is 0 Å². The van der Waals surface area contributed by atoms with Crippen molar-refractivity contribution in [3.05, 3.63) is 59.9 Å². The third kappa shape index (κ3) is 6.19. The molecule has 32 heavy (non-hydrogen) atoms. The highest BCUT2D eigenvalue weighted by molar-refractivity contribution is 7.89. The van der Waals surface area contributed by atoms with Crippen LogP contribution in [0, 0.1) is 5.82 Å². The summed E-state index contributed by atoms with van der Waals surface area (Å²) in [6.07, 6.45) is -4.52. The van der Waals surface area contributed by atoms with Gasteiger partial charge in [-0.15, -0.1) is 0 Å². The van der Waals surface area contributed by atoms with E-state index in [0.717, 1.165) is 16.4 Å². The van der Waals surface area contributed by atoms with E-state index in [0.29, 0.717) is 18.4 Å². The van der Waals surface area contributed by atoms with Crippen LogP contribution in [-0.2, 0) is 21.4 Å². The van der Waals surface area contributed by atoms with E-state index in [-0.39, 0.29) is 23.7 Å². The maximum Gasteiger partial charge on any atom is 0.390 e. The van der Waals surface area contributed by atoms with Gasteiger partial charge in [0.05, 0.1) is 11.3 Å². The normalized spacial score (nSPS) is 17.3. The van der Waals surface area contributed by atoms with Gasteiger partial charge in [-0.1, -0.05) is 18.2 Å². The summed E-state index contributed by atoms with van der Waals surface area (Å²) in [5.74, 6) is -1.18. The van der Waals surface area contributed by atoms with Crippen LogP contribution in [0.2, 0.25) is 0 Å². The predicted octanol–water partition coefficient (Wildman–Crippen LogP) is 3.66. The molecule has 2 N–H and O–H groups in total. The van der Waals surface area contributed by atoms with E-state index in [1.54, 1.807) is 18.2 Å². The molecular formula is C21H23F4N3O3S. The molecule has 6 nitrogen and oxygen atoms in total. The summed E-state index contributed by atoms with van der Waals surface area (Å²) in [5, 5.41) is 5.12. The number of carbonyl (C=O) groups is 1. The Bertz CT molecular complexity index is 1050. The van der Waals surface area contributed by atoms with Gasteiger partial charge >= 0.3 is 6.18 Å². The van der Waals surface area contributed by atoms with Gasteiger partial charge in [0.1, 0.15) is 11.9 Å². The molecule has 174 valence electrons. The molecule has 0 bridgehead atoms. The number of nitrogens with zero attached hydrogens (tertiary/aromatic N) is 1. The van der Waals surface area contributed by atoms with E-state index in [1.807, 2.05) is 0 Å². The fourth-order valence-corrected chi connectivity index (χ4v) is 5.21. The molecule has 1 saturated heterocycles. The first-order chi connectivity index (χ1) is 15.1. The van der Waals surface area contributed by atoms with Crippen LogP contribution < -0.4 is 10.6 Å². The number of benzene rings is 2. The van der Waals surface area contributed by atoms with Crippen LogP contribution in [0.3, 0.4) is 0 Å². The Balaban J connectivity index is 1.64. The maximum atomic E-state index is 13.9. The molecule has 1 fully saturated rings. The van der Waals surface area contributed by atoms with Gasteiger partial charge in [-0.25, -0.2) is 12.8 Å².